The second-order valence-corrected chi connectivity index (χ2v) is 7.52. The van der Waals surface area contributed by atoms with Gasteiger partial charge in [-0.25, -0.2) is 4.98 Å². The zero-order chi connectivity index (χ0) is 18.1. The Morgan fingerprint density at radius 2 is 2.04 bits per heavy atom. The van der Waals surface area contributed by atoms with E-state index in [9.17, 15) is 4.79 Å². The highest BCUT2D eigenvalue weighted by atomic mass is 32.1. The van der Waals surface area contributed by atoms with Crippen LogP contribution < -0.4 is 20.3 Å². The Kier molecular flexibility index (Phi) is 4.65. The highest BCUT2D eigenvalue weighted by Crippen LogP contribution is 2.34. The molecule has 0 unspecified atom stereocenters. The van der Waals surface area contributed by atoms with E-state index < -0.39 is 0 Å². The average Bonchev–Trinajstić information content (AvgIpc) is 3.11. The number of benzene rings is 1. The van der Waals surface area contributed by atoms with E-state index in [0.717, 1.165) is 27.7 Å². The minimum absolute atomic E-state index is 0.0477. The monoisotopic (exact) mass is 371 g/mol. The number of ether oxygens (including phenoxy) is 2. The quantitative estimate of drug-likeness (QED) is 0.747. The molecule has 1 aliphatic heterocycles. The first-order chi connectivity index (χ1) is 12.6. The van der Waals surface area contributed by atoms with Gasteiger partial charge in [-0.3, -0.25) is 9.20 Å². The summed E-state index contributed by atoms with van der Waals surface area (Å²) >= 11 is 1.46. The van der Waals surface area contributed by atoms with Crippen molar-refractivity contribution in [1.82, 2.24) is 14.7 Å². The normalized spacial score (nSPS) is 14.7. The van der Waals surface area contributed by atoms with E-state index in [4.69, 9.17) is 9.47 Å². The molecule has 0 radical (unpaired) electrons. The number of hydrogen-bond donors (Lipinski definition) is 1. The van der Waals surface area contributed by atoms with Crippen molar-refractivity contribution in [2.45, 2.75) is 26.4 Å². The Balaban J connectivity index is 1.56. The molecule has 4 rings (SSSR count). The standard InChI is InChI=1S/C19H21N3O3S/c1-12(2)18(13-3-4-15-16(9-13)25-7-6-24-15)20-11-14-10-17(23)22-5-8-26-19(22)21-14/h3-5,8-10,12,18,20H,6-7,11H2,1-2H3/t18-/m1/s1. The number of rotatable bonds is 5. The van der Waals surface area contributed by atoms with Gasteiger partial charge in [-0.15, -0.1) is 11.3 Å². The van der Waals surface area contributed by atoms with E-state index in [1.807, 2.05) is 17.5 Å². The Morgan fingerprint density at radius 3 is 2.85 bits per heavy atom. The molecule has 0 amide bonds. The van der Waals surface area contributed by atoms with Crippen LogP contribution in [0, 0.1) is 5.92 Å². The van der Waals surface area contributed by atoms with Crippen LogP contribution in [0.5, 0.6) is 11.5 Å². The van der Waals surface area contributed by atoms with Crippen molar-refractivity contribution in [2.75, 3.05) is 13.2 Å². The molecule has 136 valence electrons. The molecule has 0 aliphatic carbocycles. The SMILES string of the molecule is CC(C)[C@@H](NCc1cc(=O)n2ccsc2n1)c1ccc2c(c1)OCCO2. The lowest BCUT2D eigenvalue weighted by Gasteiger charge is -2.25. The van der Waals surface area contributed by atoms with Gasteiger partial charge >= 0.3 is 0 Å². The lowest BCUT2D eigenvalue weighted by Crippen LogP contribution is -2.27. The molecular weight excluding hydrogens is 350 g/mol. The van der Waals surface area contributed by atoms with Crippen LogP contribution in [0.25, 0.3) is 4.96 Å². The molecule has 0 saturated heterocycles. The van der Waals surface area contributed by atoms with E-state index in [0.29, 0.717) is 25.7 Å². The zero-order valence-electron chi connectivity index (χ0n) is 14.8. The van der Waals surface area contributed by atoms with Crippen molar-refractivity contribution in [3.63, 3.8) is 0 Å². The number of nitrogens with zero attached hydrogens (tertiary/aromatic N) is 2. The largest absolute Gasteiger partial charge is 0.486 e. The highest BCUT2D eigenvalue weighted by molar-refractivity contribution is 7.15. The molecule has 0 fully saturated rings. The van der Waals surface area contributed by atoms with Crippen LogP contribution >= 0.6 is 11.3 Å². The van der Waals surface area contributed by atoms with E-state index >= 15 is 0 Å². The predicted molar refractivity (Wildman–Crippen MR) is 101 cm³/mol. The van der Waals surface area contributed by atoms with Gasteiger partial charge in [-0.2, -0.15) is 0 Å². The number of thiazole rings is 1. The van der Waals surface area contributed by atoms with Crippen molar-refractivity contribution in [2.24, 2.45) is 5.92 Å². The lowest BCUT2D eigenvalue weighted by molar-refractivity contribution is 0.171. The maximum Gasteiger partial charge on any atom is 0.258 e. The third kappa shape index (κ3) is 3.32. The van der Waals surface area contributed by atoms with Crippen molar-refractivity contribution >= 4 is 16.3 Å². The molecule has 26 heavy (non-hydrogen) atoms. The average molecular weight is 371 g/mol. The maximum absolute atomic E-state index is 12.1. The van der Waals surface area contributed by atoms with Crippen LogP contribution in [0.1, 0.15) is 31.1 Å². The van der Waals surface area contributed by atoms with E-state index in [2.05, 4.69) is 30.2 Å². The van der Waals surface area contributed by atoms with Gasteiger partial charge < -0.3 is 14.8 Å². The molecule has 1 N–H and O–H groups in total. The van der Waals surface area contributed by atoms with Gasteiger partial charge in [0.15, 0.2) is 16.5 Å². The second kappa shape index (κ2) is 7.09. The summed E-state index contributed by atoms with van der Waals surface area (Å²) in [7, 11) is 0. The Hall–Kier alpha value is -2.38. The summed E-state index contributed by atoms with van der Waals surface area (Å²) < 4.78 is 12.9. The third-order valence-corrected chi connectivity index (χ3v) is 5.21. The first-order valence-corrected chi connectivity index (χ1v) is 9.58. The van der Waals surface area contributed by atoms with Crippen molar-refractivity contribution < 1.29 is 9.47 Å². The minimum Gasteiger partial charge on any atom is -0.486 e. The lowest BCUT2D eigenvalue weighted by atomic mass is 9.95. The van der Waals surface area contributed by atoms with Gasteiger partial charge in [0.2, 0.25) is 0 Å². The van der Waals surface area contributed by atoms with Crippen LogP contribution in [-0.2, 0) is 6.54 Å². The van der Waals surface area contributed by atoms with Crippen molar-refractivity contribution in [3.05, 3.63) is 57.5 Å². The van der Waals surface area contributed by atoms with Crippen LogP contribution in [-0.4, -0.2) is 22.6 Å². The van der Waals surface area contributed by atoms with Gasteiger partial charge in [0.05, 0.1) is 5.69 Å². The summed E-state index contributed by atoms with van der Waals surface area (Å²) in [6.45, 7) is 6.02. The molecule has 2 aromatic heterocycles. The molecule has 1 atom stereocenters. The number of hydrogen-bond acceptors (Lipinski definition) is 6. The fourth-order valence-corrected chi connectivity index (χ4v) is 3.92. The van der Waals surface area contributed by atoms with Gasteiger partial charge in [0.25, 0.3) is 5.56 Å². The number of nitrogens with one attached hydrogen (secondary N) is 1. The van der Waals surface area contributed by atoms with Crippen molar-refractivity contribution in [3.8, 4) is 11.5 Å². The van der Waals surface area contributed by atoms with Gasteiger partial charge in [-0.05, 0) is 23.6 Å². The molecule has 6 nitrogen and oxygen atoms in total. The first kappa shape index (κ1) is 17.1. The molecule has 1 aliphatic rings. The summed E-state index contributed by atoms with van der Waals surface area (Å²) in [6, 6.07) is 7.78. The van der Waals surface area contributed by atoms with Gasteiger partial charge in [0, 0.05) is 30.2 Å². The summed E-state index contributed by atoms with van der Waals surface area (Å²) in [4.78, 5) is 17.4. The van der Waals surface area contributed by atoms with Crippen LogP contribution in [0.4, 0.5) is 0 Å². The molecule has 0 saturated carbocycles. The molecule has 3 heterocycles. The summed E-state index contributed by atoms with van der Waals surface area (Å²) in [5, 5.41) is 5.41. The summed E-state index contributed by atoms with van der Waals surface area (Å²) in [5.41, 5.74) is 1.84. The predicted octanol–water partition coefficient (Wildman–Crippen LogP) is 3.01. The van der Waals surface area contributed by atoms with Crippen LogP contribution in [0.15, 0.2) is 40.6 Å². The molecule has 3 aromatic rings. The maximum atomic E-state index is 12.1. The van der Waals surface area contributed by atoms with E-state index in [-0.39, 0.29) is 11.6 Å². The van der Waals surface area contributed by atoms with Crippen LogP contribution in [0.2, 0.25) is 0 Å². The molecule has 7 heteroatoms. The van der Waals surface area contributed by atoms with Crippen molar-refractivity contribution in [1.29, 1.82) is 0 Å². The Bertz CT molecular complexity index is 980. The zero-order valence-corrected chi connectivity index (χ0v) is 15.6. The van der Waals surface area contributed by atoms with Gasteiger partial charge in [0.1, 0.15) is 13.2 Å². The number of fused-ring (bicyclic) bond motifs is 2. The molecule has 1 aromatic carbocycles. The fraction of sp³-hybridized carbons (Fsp3) is 0.368. The molecule has 0 spiro atoms. The smallest absolute Gasteiger partial charge is 0.258 e. The third-order valence-electron chi connectivity index (χ3n) is 4.45. The highest BCUT2D eigenvalue weighted by Gasteiger charge is 2.19. The van der Waals surface area contributed by atoms with Crippen LogP contribution in [0.3, 0.4) is 0 Å². The van der Waals surface area contributed by atoms with E-state index in [1.165, 1.54) is 11.3 Å². The first-order valence-electron chi connectivity index (χ1n) is 8.70. The minimum atomic E-state index is -0.0477. The summed E-state index contributed by atoms with van der Waals surface area (Å²) in [6.07, 6.45) is 1.75. The van der Waals surface area contributed by atoms with Gasteiger partial charge in [-0.1, -0.05) is 19.9 Å². The Morgan fingerprint density at radius 1 is 1.23 bits per heavy atom. The molecule has 0 bridgehead atoms. The fourth-order valence-electron chi connectivity index (χ4n) is 3.18. The molecular formula is C19H21N3O3S. The number of aromatic nitrogens is 2. The second-order valence-electron chi connectivity index (χ2n) is 6.65. The Labute approximate surface area is 155 Å². The topological polar surface area (TPSA) is 64.9 Å². The summed E-state index contributed by atoms with van der Waals surface area (Å²) in [5.74, 6) is 1.95. The van der Waals surface area contributed by atoms with E-state index in [1.54, 1.807) is 16.7 Å².